The van der Waals surface area contributed by atoms with Gasteiger partial charge in [-0.3, -0.25) is 0 Å². The number of hydrogen-bond acceptors (Lipinski definition) is 2. The fraction of sp³-hybridized carbons (Fsp3) is 0.381. The molecular formula is C21H23O2S+. The summed E-state index contributed by atoms with van der Waals surface area (Å²) in [6.45, 7) is 0. The number of carbonyl (C=O) groups is 1. The van der Waals surface area contributed by atoms with E-state index in [0.29, 0.717) is 22.2 Å². The Morgan fingerprint density at radius 1 is 0.833 bits per heavy atom. The van der Waals surface area contributed by atoms with Gasteiger partial charge in [0, 0.05) is 10.9 Å². The highest BCUT2D eigenvalue weighted by molar-refractivity contribution is 7.98. The van der Waals surface area contributed by atoms with Gasteiger partial charge in [0.15, 0.2) is 4.90 Å². The van der Waals surface area contributed by atoms with Crippen molar-refractivity contribution in [1.29, 1.82) is 0 Å². The van der Waals surface area contributed by atoms with Gasteiger partial charge in [-0.2, -0.15) is 0 Å². The molecule has 2 aliphatic heterocycles. The van der Waals surface area contributed by atoms with Crippen LogP contribution < -0.4 is 4.74 Å². The smallest absolute Gasteiger partial charge is 0.343 e. The van der Waals surface area contributed by atoms with E-state index in [1.165, 1.54) is 43.4 Å². The Balaban J connectivity index is 1.48. The molecule has 0 spiro atoms. The van der Waals surface area contributed by atoms with E-state index in [1.807, 2.05) is 30.3 Å². The van der Waals surface area contributed by atoms with E-state index in [0.717, 1.165) is 10.5 Å². The molecule has 2 fully saturated rings. The Hall–Kier alpha value is -1.74. The highest BCUT2D eigenvalue weighted by Gasteiger charge is 2.45. The molecule has 0 amide bonds. The second-order valence-corrected chi connectivity index (χ2v) is 9.25. The van der Waals surface area contributed by atoms with Crippen LogP contribution in [0.1, 0.15) is 48.9 Å². The molecule has 3 heteroatoms. The van der Waals surface area contributed by atoms with Gasteiger partial charge in [0.25, 0.3) is 0 Å². The lowest BCUT2D eigenvalue weighted by molar-refractivity contribution is 0.0734. The number of esters is 1. The first kappa shape index (κ1) is 15.8. The van der Waals surface area contributed by atoms with E-state index in [2.05, 4.69) is 12.1 Å². The summed E-state index contributed by atoms with van der Waals surface area (Å²) in [5.74, 6) is 0.346. The lowest BCUT2D eigenvalue weighted by atomic mass is 9.99. The molecule has 2 aromatic carbocycles. The van der Waals surface area contributed by atoms with E-state index in [4.69, 9.17) is 4.74 Å². The summed E-state index contributed by atoms with van der Waals surface area (Å²) in [5.41, 5.74) is 0.588. The SMILES string of the molecule is O=C(Oc1ccc([S+]2C3CCCC2CCC3)cc1)c1ccccc1. The van der Waals surface area contributed by atoms with E-state index in [-0.39, 0.29) is 5.97 Å². The summed E-state index contributed by atoms with van der Waals surface area (Å²) in [4.78, 5) is 13.6. The Morgan fingerprint density at radius 3 is 2.00 bits per heavy atom. The van der Waals surface area contributed by atoms with Gasteiger partial charge in [0.1, 0.15) is 16.2 Å². The maximum absolute atomic E-state index is 12.1. The summed E-state index contributed by atoms with van der Waals surface area (Å²) in [5, 5.41) is 1.77. The molecule has 24 heavy (non-hydrogen) atoms. The Kier molecular flexibility index (Phi) is 4.61. The second kappa shape index (κ2) is 7.02. The topological polar surface area (TPSA) is 26.3 Å². The van der Waals surface area contributed by atoms with Crippen LogP contribution in [0.5, 0.6) is 5.75 Å². The quantitative estimate of drug-likeness (QED) is 0.447. The van der Waals surface area contributed by atoms with E-state index >= 15 is 0 Å². The summed E-state index contributed by atoms with van der Waals surface area (Å²) in [6, 6.07) is 17.5. The van der Waals surface area contributed by atoms with Crippen LogP contribution in [0.2, 0.25) is 0 Å². The minimum atomic E-state index is -0.291. The highest BCUT2D eigenvalue weighted by atomic mass is 32.2. The average molecular weight is 339 g/mol. The van der Waals surface area contributed by atoms with Crippen LogP contribution >= 0.6 is 0 Å². The molecule has 0 aromatic heterocycles. The zero-order valence-corrected chi connectivity index (χ0v) is 14.6. The Bertz CT molecular complexity index is 674. The van der Waals surface area contributed by atoms with Crippen molar-refractivity contribution in [3.05, 3.63) is 60.2 Å². The zero-order valence-electron chi connectivity index (χ0n) is 13.8. The predicted molar refractivity (Wildman–Crippen MR) is 98.8 cm³/mol. The molecule has 2 bridgehead atoms. The summed E-state index contributed by atoms with van der Waals surface area (Å²) >= 11 is 0. The van der Waals surface area contributed by atoms with Gasteiger partial charge in [-0.15, -0.1) is 0 Å². The van der Waals surface area contributed by atoms with Crippen LogP contribution in [0.15, 0.2) is 59.5 Å². The first-order chi connectivity index (χ1) is 11.8. The fourth-order valence-corrected chi connectivity index (χ4v) is 7.45. The number of rotatable bonds is 3. The molecule has 2 heterocycles. The maximum Gasteiger partial charge on any atom is 0.343 e. The van der Waals surface area contributed by atoms with Crippen LogP contribution in [0.25, 0.3) is 0 Å². The summed E-state index contributed by atoms with van der Waals surface area (Å²) in [7, 11) is 0.399. The summed E-state index contributed by atoms with van der Waals surface area (Å²) < 4.78 is 5.50. The van der Waals surface area contributed by atoms with E-state index < -0.39 is 0 Å². The number of fused-ring (bicyclic) bond motifs is 2. The molecule has 2 saturated heterocycles. The second-order valence-electron chi connectivity index (χ2n) is 6.70. The van der Waals surface area contributed by atoms with Gasteiger partial charge >= 0.3 is 5.97 Å². The first-order valence-corrected chi connectivity index (χ1v) is 10.3. The normalized spacial score (nSPS) is 25.9. The maximum atomic E-state index is 12.1. The molecule has 0 saturated carbocycles. The Labute approximate surface area is 146 Å². The van der Waals surface area contributed by atoms with Gasteiger partial charge in [0.05, 0.1) is 5.56 Å². The average Bonchev–Trinajstić information content (AvgIpc) is 2.62. The van der Waals surface area contributed by atoms with Crippen LogP contribution in [-0.4, -0.2) is 16.5 Å². The molecule has 2 aromatic rings. The zero-order chi connectivity index (χ0) is 16.4. The third-order valence-corrected chi connectivity index (χ3v) is 8.33. The van der Waals surface area contributed by atoms with Crippen molar-refractivity contribution in [1.82, 2.24) is 0 Å². The van der Waals surface area contributed by atoms with Gasteiger partial charge < -0.3 is 4.74 Å². The molecule has 0 radical (unpaired) electrons. The minimum absolute atomic E-state index is 0.291. The van der Waals surface area contributed by atoms with Crippen molar-refractivity contribution in [2.75, 3.05) is 0 Å². The van der Waals surface area contributed by atoms with Gasteiger partial charge in [-0.1, -0.05) is 18.2 Å². The van der Waals surface area contributed by atoms with Crippen LogP contribution in [0, 0.1) is 0 Å². The summed E-state index contributed by atoms with van der Waals surface area (Å²) in [6.07, 6.45) is 8.39. The molecule has 4 rings (SSSR count). The number of hydrogen-bond donors (Lipinski definition) is 0. The van der Waals surface area contributed by atoms with Crippen molar-refractivity contribution in [3.8, 4) is 5.75 Å². The largest absolute Gasteiger partial charge is 0.423 e. The van der Waals surface area contributed by atoms with Crippen molar-refractivity contribution in [2.45, 2.75) is 53.9 Å². The Morgan fingerprint density at radius 2 is 1.42 bits per heavy atom. The molecule has 124 valence electrons. The lowest BCUT2D eigenvalue weighted by Crippen LogP contribution is -2.40. The third-order valence-electron chi connectivity index (χ3n) is 5.14. The van der Waals surface area contributed by atoms with Gasteiger partial charge in [-0.05, 0) is 74.9 Å². The van der Waals surface area contributed by atoms with Crippen molar-refractivity contribution in [3.63, 3.8) is 0 Å². The molecular weight excluding hydrogens is 316 g/mol. The standard InChI is InChI=1S/C21H23O2S/c22-21(16-6-2-1-3-7-16)23-17-12-14-20(15-13-17)24-18-8-4-9-19(24)11-5-10-18/h1-3,6-7,12-15,18-19H,4-5,8-11H2/q+1. The van der Waals surface area contributed by atoms with Crippen molar-refractivity contribution < 1.29 is 9.53 Å². The molecule has 0 unspecified atom stereocenters. The van der Waals surface area contributed by atoms with Crippen LogP contribution in [-0.2, 0) is 10.9 Å². The number of benzene rings is 2. The monoisotopic (exact) mass is 339 g/mol. The third kappa shape index (κ3) is 3.23. The number of carbonyl (C=O) groups excluding carboxylic acids is 1. The first-order valence-electron chi connectivity index (χ1n) is 8.90. The predicted octanol–water partition coefficient (Wildman–Crippen LogP) is 4.99. The molecule has 2 nitrogen and oxygen atoms in total. The lowest BCUT2D eigenvalue weighted by Gasteiger charge is -2.34. The van der Waals surface area contributed by atoms with Gasteiger partial charge in [-0.25, -0.2) is 4.79 Å². The van der Waals surface area contributed by atoms with Crippen molar-refractivity contribution >= 4 is 16.9 Å². The minimum Gasteiger partial charge on any atom is -0.423 e. The van der Waals surface area contributed by atoms with Gasteiger partial charge in [0.2, 0.25) is 0 Å². The van der Waals surface area contributed by atoms with E-state index in [9.17, 15) is 4.79 Å². The molecule has 0 atom stereocenters. The number of ether oxygens (including phenoxy) is 1. The molecule has 0 N–H and O–H groups in total. The van der Waals surface area contributed by atoms with Crippen molar-refractivity contribution in [2.24, 2.45) is 0 Å². The highest BCUT2D eigenvalue weighted by Crippen LogP contribution is 2.42. The van der Waals surface area contributed by atoms with E-state index in [1.54, 1.807) is 12.1 Å². The fourth-order valence-electron chi connectivity index (χ4n) is 4.01. The molecule has 2 aliphatic rings. The van der Waals surface area contributed by atoms with Crippen LogP contribution in [0.3, 0.4) is 0 Å². The molecule has 0 aliphatic carbocycles. The van der Waals surface area contributed by atoms with Crippen LogP contribution in [0.4, 0.5) is 0 Å².